The van der Waals surface area contributed by atoms with Gasteiger partial charge in [-0.25, -0.2) is 0 Å². The van der Waals surface area contributed by atoms with Crippen molar-refractivity contribution >= 4 is 11.6 Å². The first-order valence-electron chi connectivity index (χ1n) is 7.03. The highest BCUT2D eigenvalue weighted by Gasteiger charge is 2.11. The molecular formula is C17H17N5O. The lowest BCUT2D eigenvalue weighted by Gasteiger charge is -2.12. The zero-order chi connectivity index (χ0) is 17.4. The molecule has 0 aromatic heterocycles. The van der Waals surface area contributed by atoms with E-state index in [-0.39, 0.29) is 17.2 Å². The van der Waals surface area contributed by atoms with Crippen LogP contribution in [0.1, 0.15) is 29.8 Å². The molecule has 0 aliphatic heterocycles. The van der Waals surface area contributed by atoms with Crippen molar-refractivity contribution in [2.75, 3.05) is 11.9 Å². The molecule has 6 nitrogen and oxygen atoms in total. The number of aryl methyl sites for hydroxylation is 1. The van der Waals surface area contributed by atoms with E-state index in [4.69, 9.17) is 15.8 Å². The van der Waals surface area contributed by atoms with Gasteiger partial charge in [-0.15, -0.1) is 0 Å². The van der Waals surface area contributed by atoms with Crippen LogP contribution in [0.5, 0.6) is 0 Å². The Balaban J connectivity index is 3.11. The highest BCUT2D eigenvalue weighted by molar-refractivity contribution is 5.95. The van der Waals surface area contributed by atoms with Crippen LogP contribution in [0.3, 0.4) is 0 Å². The van der Waals surface area contributed by atoms with Crippen LogP contribution in [0.4, 0.5) is 5.69 Å². The molecule has 0 heterocycles. The Labute approximate surface area is 135 Å². The molecule has 0 unspecified atom stereocenters. The van der Waals surface area contributed by atoms with E-state index < -0.39 is 0 Å². The molecular weight excluding hydrogens is 290 g/mol. The van der Waals surface area contributed by atoms with Crippen LogP contribution in [0.15, 0.2) is 29.5 Å². The van der Waals surface area contributed by atoms with Crippen molar-refractivity contribution in [2.45, 2.75) is 20.8 Å². The molecule has 1 rings (SSSR count). The average molecular weight is 307 g/mol. The Morgan fingerprint density at radius 2 is 1.83 bits per heavy atom. The van der Waals surface area contributed by atoms with E-state index in [9.17, 15) is 4.79 Å². The molecule has 0 aliphatic carbocycles. The van der Waals surface area contributed by atoms with Gasteiger partial charge in [0.2, 0.25) is 0 Å². The number of amides is 1. The predicted molar refractivity (Wildman–Crippen MR) is 85.8 cm³/mol. The van der Waals surface area contributed by atoms with Crippen LogP contribution in [0.2, 0.25) is 0 Å². The van der Waals surface area contributed by atoms with Gasteiger partial charge in [0.15, 0.2) is 5.57 Å². The fourth-order valence-electron chi connectivity index (χ4n) is 1.71. The van der Waals surface area contributed by atoms with Crippen molar-refractivity contribution in [1.82, 2.24) is 5.32 Å². The molecule has 116 valence electrons. The monoisotopic (exact) mass is 307 g/mol. The lowest BCUT2D eigenvalue weighted by molar-refractivity contribution is 0.0949. The van der Waals surface area contributed by atoms with Crippen LogP contribution in [-0.2, 0) is 0 Å². The maximum atomic E-state index is 12.1. The zero-order valence-corrected chi connectivity index (χ0v) is 13.3. The van der Waals surface area contributed by atoms with Crippen molar-refractivity contribution in [3.63, 3.8) is 0 Å². The van der Waals surface area contributed by atoms with E-state index in [0.717, 1.165) is 5.56 Å². The van der Waals surface area contributed by atoms with E-state index in [0.29, 0.717) is 23.7 Å². The van der Waals surface area contributed by atoms with Gasteiger partial charge in [0.1, 0.15) is 23.9 Å². The second-order valence-corrected chi connectivity index (χ2v) is 5.34. The fraction of sp³-hybridized carbons (Fsp3) is 0.294. The summed E-state index contributed by atoms with van der Waals surface area (Å²) < 4.78 is 0. The number of benzene rings is 1. The summed E-state index contributed by atoms with van der Waals surface area (Å²) in [6.07, 6.45) is 0. The summed E-state index contributed by atoms with van der Waals surface area (Å²) in [5.74, 6) is 0.119. The third kappa shape index (κ3) is 4.88. The maximum Gasteiger partial charge on any atom is 0.251 e. The second kappa shape index (κ2) is 8.22. The van der Waals surface area contributed by atoms with E-state index in [2.05, 4.69) is 10.6 Å². The third-order valence-corrected chi connectivity index (χ3v) is 3.02. The van der Waals surface area contributed by atoms with Gasteiger partial charge >= 0.3 is 0 Å². The number of nitrogens with zero attached hydrogens (tertiary/aromatic N) is 3. The van der Waals surface area contributed by atoms with Gasteiger partial charge in [-0.2, -0.15) is 15.8 Å². The molecule has 6 heteroatoms. The molecule has 1 aromatic carbocycles. The number of allylic oxidation sites excluding steroid dienone is 2. The summed E-state index contributed by atoms with van der Waals surface area (Å²) in [6.45, 7) is 6.35. The molecule has 0 saturated carbocycles. The normalized spacial score (nSPS) is 9.26. The number of rotatable bonds is 5. The fourth-order valence-corrected chi connectivity index (χ4v) is 1.71. The number of hydrogen-bond donors (Lipinski definition) is 2. The Kier molecular flexibility index (Phi) is 6.34. The van der Waals surface area contributed by atoms with Crippen molar-refractivity contribution in [2.24, 2.45) is 5.92 Å². The van der Waals surface area contributed by atoms with Gasteiger partial charge < -0.3 is 10.6 Å². The summed E-state index contributed by atoms with van der Waals surface area (Å²) in [5, 5.41) is 32.4. The molecule has 1 aromatic rings. The molecule has 0 bridgehead atoms. The smallest absolute Gasteiger partial charge is 0.251 e. The number of carbonyl (C=O) groups is 1. The van der Waals surface area contributed by atoms with Gasteiger partial charge in [-0.3, -0.25) is 4.79 Å². The lowest BCUT2D eigenvalue weighted by atomic mass is 10.1. The van der Waals surface area contributed by atoms with Crippen molar-refractivity contribution < 1.29 is 4.79 Å². The Morgan fingerprint density at radius 3 is 2.35 bits per heavy atom. The Morgan fingerprint density at radius 1 is 1.17 bits per heavy atom. The van der Waals surface area contributed by atoms with Gasteiger partial charge in [0.05, 0.1) is 0 Å². The maximum absolute atomic E-state index is 12.1. The minimum absolute atomic E-state index is 0.141. The van der Waals surface area contributed by atoms with Gasteiger partial charge in [-0.1, -0.05) is 19.9 Å². The third-order valence-electron chi connectivity index (χ3n) is 3.02. The first-order valence-corrected chi connectivity index (χ1v) is 7.03. The van der Waals surface area contributed by atoms with Crippen molar-refractivity contribution in [3.05, 3.63) is 40.6 Å². The molecule has 23 heavy (non-hydrogen) atoms. The topological polar surface area (TPSA) is 112 Å². The quantitative estimate of drug-likeness (QED) is 0.812. The van der Waals surface area contributed by atoms with E-state index in [1.807, 2.05) is 13.8 Å². The molecule has 0 saturated heterocycles. The summed E-state index contributed by atoms with van der Waals surface area (Å²) in [4.78, 5) is 12.1. The average Bonchev–Trinajstić information content (AvgIpc) is 2.54. The summed E-state index contributed by atoms with van der Waals surface area (Å²) in [7, 11) is 0. The highest BCUT2D eigenvalue weighted by atomic mass is 16.1. The molecule has 1 amide bonds. The van der Waals surface area contributed by atoms with Crippen LogP contribution in [0, 0.1) is 46.8 Å². The number of carbonyl (C=O) groups excluding carboxylic acids is 1. The van der Waals surface area contributed by atoms with E-state index >= 15 is 0 Å². The molecule has 0 atom stereocenters. The minimum atomic E-state index is -0.304. The zero-order valence-electron chi connectivity index (χ0n) is 13.3. The number of nitrogens with one attached hydrogen (secondary N) is 2. The largest absolute Gasteiger partial charge is 0.352 e. The molecule has 0 radical (unpaired) electrons. The predicted octanol–water partition coefficient (Wildman–Crippen LogP) is 2.62. The van der Waals surface area contributed by atoms with Crippen molar-refractivity contribution in [1.29, 1.82) is 15.8 Å². The van der Waals surface area contributed by atoms with Crippen LogP contribution >= 0.6 is 0 Å². The first kappa shape index (κ1) is 17.8. The summed E-state index contributed by atoms with van der Waals surface area (Å²) in [5.41, 5.74) is 1.28. The molecule has 0 aliphatic rings. The standard InChI is InChI=1S/C17H17N5O/c1-11(2)10-21-17(23)13-5-4-12(3)15(6-13)22-16(9-20)14(7-18)8-19/h4-6,11,22H,10H2,1-3H3,(H,21,23). The number of nitriles is 3. The van der Waals surface area contributed by atoms with Crippen LogP contribution in [0.25, 0.3) is 0 Å². The number of anilines is 1. The molecule has 0 spiro atoms. The second-order valence-electron chi connectivity index (χ2n) is 5.34. The molecule has 2 N–H and O–H groups in total. The van der Waals surface area contributed by atoms with Crippen LogP contribution in [-0.4, -0.2) is 12.5 Å². The Bertz CT molecular complexity index is 741. The lowest BCUT2D eigenvalue weighted by Crippen LogP contribution is -2.27. The highest BCUT2D eigenvalue weighted by Crippen LogP contribution is 2.20. The Hall–Kier alpha value is -3.30. The van der Waals surface area contributed by atoms with Gasteiger partial charge in [-0.05, 0) is 30.5 Å². The van der Waals surface area contributed by atoms with E-state index in [1.54, 1.807) is 43.3 Å². The summed E-state index contributed by atoms with van der Waals surface area (Å²) in [6, 6.07) is 10.1. The van der Waals surface area contributed by atoms with E-state index in [1.165, 1.54) is 0 Å². The summed E-state index contributed by atoms with van der Waals surface area (Å²) >= 11 is 0. The minimum Gasteiger partial charge on any atom is -0.352 e. The van der Waals surface area contributed by atoms with Crippen LogP contribution < -0.4 is 10.6 Å². The van der Waals surface area contributed by atoms with Gasteiger partial charge in [0.25, 0.3) is 5.91 Å². The first-order chi connectivity index (χ1) is 10.9. The SMILES string of the molecule is Cc1ccc(C(=O)NCC(C)C)cc1NC(C#N)=C(C#N)C#N. The molecule has 0 fully saturated rings. The van der Waals surface area contributed by atoms with Gasteiger partial charge in [0, 0.05) is 17.8 Å². The number of hydrogen-bond acceptors (Lipinski definition) is 5. The van der Waals surface area contributed by atoms with Crippen molar-refractivity contribution in [3.8, 4) is 18.2 Å².